The number of aromatic amines is 1. The number of hydrogen-bond acceptors (Lipinski definition) is 5. The van der Waals surface area contributed by atoms with Crippen LogP contribution in [0.25, 0.3) is 22.0 Å². The van der Waals surface area contributed by atoms with Gasteiger partial charge in [-0.1, -0.05) is 51.1 Å². The first-order valence-electron chi connectivity index (χ1n) is 12.0. The molecule has 0 aliphatic carbocycles. The number of amides is 1. The quantitative estimate of drug-likeness (QED) is 0.444. The number of aromatic nitrogens is 3. The van der Waals surface area contributed by atoms with Crippen LogP contribution in [0.2, 0.25) is 0 Å². The summed E-state index contributed by atoms with van der Waals surface area (Å²) in [5.74, 6) is 0.661. The fourth-order valence-corrected chi connectivity index (χ4v) is 4.93. The fourth-order valence-electron chi connectivity index (χ4n) is 4.93. The number of nitrogen functional groups attached to an aromatic ring is 1. The van der Waals surface area contributed by atoms with Gasteiger partial charge in [0, 0.05) is 59.1 Å². The largest absolute Gasteiger partial charge is 0.378 e. The van der Waals surface area contributed by atoms with Crippen LogP contribution in [-0.2, 0) is 10.2 Å². The minimum atomic E-state index is -0.232. The molecule has 7 heteroatoms. The summed E-state index contributed by atoms with van der Waals surface area (Å²) >= 11 is 0. The van der Waals surface area contributed by atoms with E-state index < -0.39 is 0 Å². The maximum Gasteiger partial charge on any atom is 0.254 e. The lowest BCUT2D eigenvalue weighted by Gasteiger charge is -2.35. The van der Waals surface area contributed by atoms with Gasteiger partial charge in [-0.3, -0.25) is 4.79 Å². The van der Waals surface area contributed by atoms with E-state index in [1.165, 1.54) is 11.1 Å². The number of fused-ring (bicyclic) bond motifs is 1. The smallest absolute Gasteiger partial charge is 0.254 e. The Labute approximate surface area is 205 Å². The van der Waals surface area contributed by atoms with Gasteiger partial charge in [0.2, 0.25) is 5.95 Å². The molecule has 1 amide bonds. The summed E-state index contributed by atoms with van der Waals surface area (Å²) in [6.45, 7) is 9.24. The summed E-state index contributed by atoms with van der Waals surface area (Å²) in [5.41, 5.74) is 11.5. The van der Waals surface area contributed by atoms with Gasteiger partial charge in [0.15, 0.2) is 0 Å². The van der Waals surface area contributed by atoms with Crippen LogP contribution in [0.4, 0.5) is 5.95 Å². The van der Waals surface area contributed by atoms with Crippen molar-refractivity contribution in [2.45, 2.75) is 26.2 Å². The van der Waals surface area contributed by atoms with Crippen molar-refractivity contribution >= 4 is 22.8 Å². The van der Waals surface area contributed by atoms with Gasteiger partial charge in [-0.2, -0.15) is 0 Å². The molecule has 4 aromatic rings. The second kappa shape index (κ2) is 9.15. The molecule has 0 spiro atoms. The Morgan fingerprint density at radius 3 is 2.40 bits per heavy atom. The van der Waals surface area contributed by atoms with Gasteiger partial charge in [0.25, 0.3) is 5.91 Å². The first-order valence-corrected chi connectivity index (χ1v) is 12.0. The number of carbonyl (C=O) groups excluding carboxylic acids is 1. The molecule has 180 valence electrons. The predicted octanol–water partition coefficient (Wildman–Crippen LogP) is 4.64. The van der Waals surface area contributed by atoms with Crippen LogP contribution < -0.4 is 5.73 Å². The van der Waals surface area contributed by atoms with Crippen molar-refractivity contribution in [3.05, 3.63) is 77.7 Å². The molecule has 1 aliphatic rings. The first kappa shape index (κ1) is 23.1. The third-order valence-electron chi connectivity index (χ3n) is 7.43. The number of benzene rings is 2. The van der Waals surface area contributed by atoms with Crippen molar-refractivity contribution in [3.8, 4) is 11.1 Å². The molecular weight excluding hydrogens is 438 g/mol. The molecule has 1 unspecified atom stereocenters. The zero-order valence-electron chi connectivity index (χ0n) is 20.4. The van der Waals surface area contributed by atoms with Gasteiger partial charge >= 0.3 is 0 Å². The molecule has 2 aromatic carbocycles. The van der Waals surface area contributed by atoms with Crippen LogP contribution in [0.5, 0.6) is 0 Å². The molecular formula is C28H31N5O2. The fraction of sp³-hybridized carbons (Fsp3) is 0.321. The third-order valence-corrected chi connectivity index (χ3v) is 7.43. The Morgan fingerprint density at radius 2 is 1.74 bits per heavy atom. The lowest BCUT2D eigenvalue weighted by Crippen LogP contribution is -2.40. The van der Waals surface area contributed by atoms with Gasteiger partial charge < -0.3 is 20.4 Å². The summed E-state index contributed by atoms with van der Waals surface area (Å²) < 4.78 is 5.39. The average molecular weight is 470 g/mol. The maximum atomic E-state index is 13.0. The zero-order chi connectivity index (χ0) is 24.6. The number of anilines is 1. The highest BCUT2D eigenvalue weighted by Crippen LogP contribution is 2.42. The van der Waals surface area contributed by atoms with E-state index >= 15 is 0 Å². The zero-order valence-corrected chi connectivity index (χ0v) is 20.4. The number of nitrogens with two attached hydrogens (primary N) is 1. The number of rotatable bonds is 5. The highest BCUT2D eigenvalue weighted by atomic mass is 16.5. The Hall–Kier alpha value is -3.71. The van der Waals surface area contributed by atoms with E-state index in [9.17, 15) is 4.79 Å². The lowest BCUT2D eigenvalue weighted by molar-refractivity contribution is 0.0303. The molecule has 1 aliphatic heterocycles. The minimum absolute atomic E-state index is 0.0557. The number of carbonyl (C=O) groups is 1. The van der Waals surface area contributed by atoms with Crippen molar-refractivity contribution in [1.29, 1.82) is 0 Å². The van der Waals surface area contributed by atoms with E-state index in [1.54, 1.807) is 12.4 Å². The summed E-state index contributed by atoms with van der Waals surface area (Å²) in [6.07, 6.45) is 5.58. The Kier molecular flexibility index (Phi) is 6.03. The second-order valence-electron chi connectivity index (χ2n) is 9.63. The van der Waals surface area contributed by atoms with E-state index in [-0.39, 0.29) is 17.3 Å². The van der Waals surface area contributed by atoms with E-state index in [0.717, 1.165) is 22.0 Å². The van der Waals surface area contributed by atoms with E-state index in [4.69, 9.17) is 10.5 Å². The Balaban J connectivity index is 1.49. The Morgan fingerprint density at radius 1 is 1.06 bits per heavy atom. The van der Waals surface area contributed by atoms with Crippen LogP contribution in [0, 0.1) is 5.92 Å². The number of morpholine rings is 1. The number of ether oxygens (including phenoxy) is 1. The summed E-state index contributed by atoms with van der Waals surface area (Å²) in [5, 5.41) is 1.13. The molecule has 35 heavy (non-hydrogen) atoms. The maximum absolute atomic E-state index is 13.0. The Bertz CT molecular complexity index is 1340. The molecule has 3 N–H and O–H groups in total. The normalized spacial score (nSPS) is 15.9. The van der Waals surface area contributed by atoms with Crippen molar-refractivity contribution in [3.63, 3.8) is 0 Å². The molecule has 3 heterocycles. The monoisotopic (exact) mass is 469 g/mol. The van der Waals surface area contributed by atoms with Crippen LogP contribution in [-0.4, -0.2) is 52.1 Å². The van der Waals surface area contributed by atoms with Gasteiger partial charge in [0.1, 0.15) is 0 Å². The van der Waals surface area contributed by atoms with Crippen molar-refractivity contribution < 1.29 is 9.53 Å². The number of nitrogens with zero attached hydrogens (tertiary/aromatic N) is 3. The minimum Gasteiger partial charge on any atom is -0.378 e. The lowest BCUT2D eigenvalue weighted by atomic mass is 9.68. The van der Waals surface area contributed by atoms with E-state index in [1.807, 2.05) is 17.0 Å². The van der Waals surface area contributed by atoms with E-state index in [2.05, 4.69) is 72.3 Å². The molecule has 0 bridgehead atoms. The molecule has 0 radical (unpaired) electrons. The van der Waals surface area contributed by atoms with Crippen molar-refractivity contribution in [2.24, 2.45) is 5.92 Å². The van der Waals surface area contributed by atoms with Crippen molar-refractivity contribution in [1.82, 2.24) is 19.9 Å². The standard InChI is InChI=1S/C28H31N5O2/c1-18(2)28(3,22-7-4-19(5-8-22)21-15-31-27(29)32-16-21)24-17-30-25-14-20(6-9-23(24)25)26(34)33-10-12-35-13-11-33/h4-9,14-18,30H,10-13H2,1-3H3,(H2,29,31,32). The molecule has 0 saturated carbocycles. The van der Waals surface area contributed by atoms with Gasteiger partial charge in [-0.15, -0.1) is 0 Å². The van der Waals surface area contributed by atoms with Crippen LogP contribution in [0.3, 0.4) is 0 Å². The van der Waals surface area contributed by atoms with Gasteiger partial charge in [-0.25, -0.2) is 9.97 Å². The molecule has 1 atom stereocenters. The summed E-state index contributed by atoms with van der Waals surface area (Å²) in [6, 6.07) is 14.6. The molecule has 7 nitrogen and oxygen atoms in total. The van der Waals surface area contributed by atoms with Crippen LogP contribution in [0.15, 0.2) is 61.1 Å². The second-order valence-corrected chi connectivity index (χ2v) is 9.63. The number of H-pyrrole nitrogens is 1. The van der Waals surface area contributed by atoms with Crippen LogP contribution in [0.1, 0.15) is 42.3 Å². The highest BCUT2D eigenvalue weighted by molar-refractivity contribution is 5.99. The topological polar surface area (TPSA) is 97.1 Å². The highest BCUT2D eigenvalue weighted by Gasteiger charge is 2.35. The van der Waals surface area contributed by atoms with Gasteiger partial charge in [0.05, 0.1) is 13.2 Å². The first-order chi connectivity index (χ1) is 16.9. The third kappa shape index (κ3) is 4.17. The molecule has 1 saturated heterocycles. The average Bonchev–Trinajstić information content (AvgIpc) is 3.32. The molecule has 1 fully saturated rings. The van der Waals surface area contributed by atoms with Crippen molar-refractivity contribution in [2.75, 3.05) is 32.0 Å². The number of nitrogens with one attached hydrogen (secondary N) is 1. The predicted molar refractivity (Wildman–Crippen MR) is 138 cm³/mol. The number of hydrogen-bond donors (Lipinski definition) is 2. The summed E-state index contributed by atoms with van der Waals surface area (Å²) in [7, 11) is 0. The van der Waals surface area contributed by atoms with E-state index in [0.29, 0.717) is 37.8 Å². The molecule has 5 rings (SSSR count). The van der Waals surface area contributed by atoms with Crippen LogP contribution >= 0.6 is 0 Å². The summed E-state index contributed by atoms with van der Waals surface area (Å²) in [4.78, 5) is 26.5. The van der Waals surface area contributed by atoms with Gasteiger partial charge in [-0.05, 0) is 34.7 Å². The molecule has 2 aromatic heterocycles. The SMILES string of the molecule is CC(C)C(C)(c1ccc(-c2cnc(N)nc2)cc1)c1c[nH]c2cc(C(=O)N3CCOCC3)ccc12.